The largest absolute Gasteiger partial charge is 0.494 e. The maximum atomic E-state index is 13.9. The van der Waals surface area contributed by atoms with Crippen molar-refractivity contribution in [3.8, 4) is 5.75 Å². The number of piperidine rings is 1. The lowest BCUT2D eigenvalue weighted by molar-refractivity contribution is 0.0600. The lowest BCUT2D eigenvalue weighted by atomic mass is 9.89. The van der Waals surface area contributed by atoms with E-state index in [9.17, 15) is 14.0 Å². The summed E-state index contributed by atoms with van der Waals surface area (Å²) in [5.41, 5.74) is 1.96. The van der Waals surface area contributed by atoms with Crippen molar-refractivity contribution in [3.63, 3.8) is 0 Å². The van der Waals surface area contributed by atoms with E-state index in [4.69, 9.17) is 9.47 Å². The van der Waals surface area contributed by atoms with Crippen molar-refractivity contribution in [1.29, 1.82) is 0 Å². The highest BCUT2D eigenvalue weighted by atomic mass is 19.1. The van der Waals surface area contributed by atoms with Crippen molar-refractivity contribution >= 4 is 11.8 Å². The maximum absolute atomic E-state index is 13.9. The van der Waals surface area contributed by atoms with Crippen LogP contribution in [0.3, 0.4) is 0 Å². The SMILES string of the molecule is COC(=O)c1ccc(CN2CCCC(C(=O)c3ccc(OC)c(F)c3)C2)cc1. The Hall–Kier alpha value is -2.73. The van der Waals surface area contributed by atoms with Crippen LogP contribution in [0, 0.1) is 11.7 Å². The van der Waals surface area contributed by atoms with Gasteiger partial charge in [0.1, 0.15) is 0 Å². The number of methoxy groups -OCH3 is 2. The van der Waals surface area contributed by atoms with E-state index in [-0.39, 0.29) is 23.4 Å². The molecule has 1 atom stereocenters. The van der Waals surface area contributed by atoms with Crippen LogP contribution in [-0.4, -0.2) is 44.0 Å². The molecule has 3 rings (SSSR count). The molecule has 0 aliphatic carbocycles. The van der Waals surface area contributed by atoms with Crippen molar-refractivity contribution in [1.82, 2.24) is 4.90 Å². The number of hydrogen-bond acceptors (Lipinski definition) is 5. The molecule has 2 aromatic carbocycles. The highest BCUT2D eigenvalue weighted by Crippen LogP contribution is 2.25. The second-order valence-electron chi connectivity index (χ2n) is 6.98. The fourth-order valence-electron chi connectivity index (χ4n) is 3.59. The van der Waals surface area contributed by atoms with E-state index >= 15 is 0 Å². The number of rotatable bonds is 6. The Kier molecular flexibility index (Phi) is 6.41. The first-order chi connectivity index (χ1) is 13.5. The van der Waals surface area contributed by atoms with Crippen LogP contribution in [-0.2, 0) is 11.3 Å². The molecule has 1 heterocycles. The van der Waals surface area contributed by atoms with E-state index in [1.807, 2.05) is 12.1 Å². The van der Waals surface area contributed by atoms with Crippen LogP contribution in [0.1, 0.15) is 39.1 Å². The van der Waals surface area contributed by atoms with Crippen LogP contribution >= 0.6 is 0 Å². The first-order valence-electron chi connectivity index (χ1n) is 9.29. The highest BCUT2D eigenvalue weighted by molar-refractivity contribution is 5.98. The van der Waals surface area contributed by atoms with Gasteiger partial charge >= 0.3 is 5.97 Å². The third-order valence-corrected chi connectivity index (χ3v) is 5.09. The molecule has 1 aliphatic rings. The molecule has 2 aromatic rings. The Morgan fingerprint density at radius 1 is 1.11 bits per heavy atom. The molecular weight excluding hydrogens is 361 g/mol. The monoisotopic (exact) mass is 385 g/mol. The summed E-state index contributed by atoms with van der Waals surface area (Å²) < 4.78 is 23.6. The lowest BCUT2D eigenvalue weighted by Crippen LogP contribution is -2.38. The molecule has 1 saturated heterocycles. The first-order valence-corrected chi connectivity index (χ1v) is 9.29. The van der Waals surface area contributed by atoms with Gasteiger partial charge in [0.05, 0.1) is 19.8 Å². The summed E-state index contributed by atoms with van der Waals surface area (Å²) >= 11 is 0. The van der Waals surface area contributed by atoms with Crippen molar-refractivity contribution < 1.29 is 23.5 Å². The van der Waals surface area contributed by atoms with E-state index in [1.165, 1.54) is 26.4 Å². The molecule has 0 radical (unpaired) electrons. The van der Waals surface area contributed by atoms with Gasteiger partial charge in [-0.3, -0.25) is 9.69 Å². The number of Topliss-reactive ketones (excluding diaryl/α,β-unsaturated/α-hetero) is 1. The molecule has 0 aromatic heterocycles. The number of hydrogen-bond donors (Lipinski definition) is 0. The van der Waals surface area contributed by atoms with Gasteiger partial charge in [-0.15, -0.1) is 0 Å². The van der Waals surface area contributed by atoms with Crippen molar-refractivity contribution in [2.45, 2.75) is 19.4 Å². The number of nitrogens with zero attached hydrogens (tertiary/aromatic N) is 1. The fourth-order valence-corrected chi connectivity index (χ4v) is 3.59. The summed E-state index contributed by atoms with van der Waals surface area (Å²) in [6.07, 6.45) is 1.71. The molecule has 5 nitrogen and oxygen atoms in total. The number of carbonyl (C=O) groups is 2. The van der Waals surface area contributed by atoms with E-state index in [2.05, 4.69) is 4.90 Å². The highest BCUT2D eigenvalue weighted by Gasteiger charge is 2.27. The third kappa shape index (κ3) is 4.57. The van der Waals surface area contributed by atoms with Crippen molar-refractivity contribution in [2.24, 2.45) is 5.92 Å². The maximum Gasteiger partial charge on any atom is 0.337 e. The van der Waals surface area contributed by atoms with Crippen LogP contribution < -0.4 is 4.74 Å². The van der Waals surface area contributed by atoms with Gasteiger partial charge in [0.15, 0.2) is 17.3 Å². The summed E-state index contributed by atoms with van der Waals surface area (Å²) in [7, 11) is 2.76. The molecule has 28 heavy (non-hydrogen) atoms. The molecule has 1 unspecified atom stereocenters. The molecule has 6 heteroatoms. The van der Waals surface area contributed by atoms with E-state index in [0.717, 1.165) is 24.9 Å². The summed E-state index contributed by atoms with van der Waals surface area (Å²) in [5, 5.41) is 0. The van der Waals surface area contributed by atoms with E-state index in [1.54, 1.807) is 18.2 Å². The molecule has 0 saturated carbocycles. The minimum atomic E-state index is -0.522. The molecule has 1 fully saturated rings. The van der Waals surface area contributed by atoms with Gasteiger partial charge in [-0.2, -0.15) is 0 Å². The quantitative estimate of drug-likeness (QED) is 0.560. The molecule has 0 spiro atoms. The molecule has 0 bridgehead atoms. The third-order valence-electron chi connectivity index (χ3n) is 5.09. The predicted octanol–water partition coefficient (Wildman–Crippen LogP) is 3.72. The van der Waals surface area contributed by atoms with Gasteiger partial charge in [0.2, 0.25) is 0 Å². The molecule has 0 N–H and O–H groups in total. The van der Waals surface area contributed by atoms with E-state index in [0.29, 0.717) is 24.2 Å². The normalized spacial score (nSPS) is 17.2. The zero-order valence-corrected chi connectivity index (χ0v) is 16.1. The van der Waals surface area contributed by atoms with Crippen molar-refractivity contribution in [2.75, 3.05) is 27.3 Å². The standard InChI is InChI=1S/C22H24FNO4/c1-27-20-10-9-17(12-19(20)23)21(25)18-4-3-11-24(14-18)13-15-5-7-16(8-6-15)22(26)28-2/h5-10,12,18H,3-4,11,13-14H2,1-2H3. The molecule has 0 amide bonds. The fraction of sp³-hybridized carbons (Fsp3) is 0.364. The zero-order valence-electron chi connectivity index (χ0n) is 16.1. The average molecular weight is 385 g/mol. The Labute approximate surface area is 164 Å². The number of ketones is 1. The second-order valence-corrected chi connectivity index (χ2v) is 6.98. The zero-order chi connectivity index (χ0) is 20.1. The van der Waals surface area contributed by atoms with Crippen LogP contribution in [0.15, 0.2) is 42.5 Å². The number of carbonyl (C=O) groups excluding carboxylic acids is 2. The molecule has 1 aliphatic heterocycles. The van der Waals surface area contributed by atoms with Crippen molar-refractivity contribution in [3.05, 3.63) is 65.0 Å². The van der Waals surface area contributed by atoms with Crippen LogP contribution in [0.2, 0.25) is 0 Å². The van der Waals surface area contributed by atoms with E-state index < -0.39 is 5.82 Å². The van der Waals surface area contributed by atoms with Crippen LogP contribution in [0.25, 0.3) is 0 Å². The Morgan fingerprint density at radius 2 is 1.82 bits per heavy atom. The minimum Gasteiger partial charge on any atom is -0.494 e. The number of likely N-dealkylation sites (tertiary alicyclic amines) is 1. The Morgan fingerprint density at radius 3 is 2.46 bits per heavy atom. The van der Waals surface area contributed by atoms with Gasteiger partial charge in [-0.05, 0) is 55.3 Å². The number of benzene rings is 2. The second kappa shape index (κ2) is 8.97. The van der Waals surface area contributed by atoms with Crippen LogP contribution in [0.5, 0.6) is 5.75 Å². The Balaban J connectivity index is 1.64. The summed E-state index contributed by atoms with van der Waals surface area (Å²) in [6.45, 7) is 2.23. The van der Waals surface area contributed by atoms with Gasteiger partial charge in [0.25, 0.3) is 0 Å². The number of halogens is 1. The van der Waals surface area contributed by atoms with Gasteiger partial charge in [-0.25, -0.2) is 9.18 Å². The van der Waals surface area contributed by atoms with Gasteiger partial charge in [0, 0.05) is 24.6 Å². The Bertz CT molecular complexity index is 850. The molecular formula is C22H24FNO4. The predicted molar refractivity (Wildman–Crippen MR) is 103 cm³/mol. The summed E-state index contributed by atoms with van der Waals surface area (Å²) in [6, 6.07) is 11.7. The molecule has 148 valence electrons. The topological polar surface area (TPSA) is 55.8 Å². The number of ether oxygens (including phenoxy) is 2. The minimum absolute atomic E-state index is 0.0349. The lowest BCUT2D eigenvalue weighted by Gasteiger charge is -2.32. The summed E-state index contributed by atoms with van der Waals surface area (Å²) in [5.74, 6) is -0.936. The van der Waals surface area contributed by atoms with Gasteiger partial charge in [-0.1, -0.05) is 12.1 Å². The average Bonchev–Trinajstić information content (AvgIpc) is 2.73. The van der Waals surface area contributed by atoms with Crippen LogP contribution in [0.4, 0.5) is 4.39 Å². The smallest absolute Gasteiger partial charge is 0.337 e. The first kappa shape index (κ1) is 20.0. The number of esters is 1. The summed E-state index contributed by atoms with van der Waals surface area (Å²) in [4.78, 5) is 26.6. The van der Waals surface area contributed by atoms with Gasteiger partial charge < -0.3 is 9.47 Å².